The second-order valence-electron chi connectivity index (χ2n) is 10.9. The number of thiophene rings is 1. The molecule has 5 rings (SSSR count). The first-order valence-corrected chi connectivity index (χ1v) is 14.0. The summed E-state index contributed by atoms with van der Waals surface area (Å²) in [7, 11) is 1.61. The number of pyridine rings is 1. The lowest BCUT2D eigenvalue weighted by atomic mass is 9.88. The lowest BCUT2D eigenvalue weighted by Crippen LogP contribution is -2.36. The summed E-state index contributed by atoms with van der Waals surface area (Å²) in [6, 6.07) is 3.66. The fourth-order valence-corrected chi connectivity index (χ4v) is 6.38. The predicted octanol–water partition coefficient (Wildman–Crippen LogP) is 6.15. The van der Waals surface area contributed by atoms with E-state index >= 15 is 0 Å². The van der Waals surface area contributed by atoms with Gasteiger partial charge in [-0.15, -0.1) is 11.3 Å². The number of nitrogens with zero attached hydrogens (tertiary/aromatic N) is 1. The molecule has 0 saturated heterocycles. The zero-order valence-corrected chi connectivity index (χ0v) is 23.3. The Balaban J connectivity index is 1.65. The van der Waals surface area contributed by atoms with E-state index in [1.54, 1.807) is 37.6 Å². The van der Waals surface area contributed by atoms with Crippen LogP contribution in [0.25, 0.3) is 22.0 Å². The van der Waals surface area contributed by atoms with Gasteiger partial charge >= 0.3 is 12.1 Å². The number of amides is 1. The summed E-state index contributed by atoms with van der Waals surface area (Å²) in [5.41, 5.74) is 2.68. The van der Waals surface area contributed by atoms with E-state index in [-0.39, 0.29) is 29.7 Å². The third kappa shape index (κ3) is 4.91. The molecule has 0 radical (unpaired) electrons. The van der Waals surface area contributed by atoms with Crippen molar-refractivity contribution in [3.8, 4) is 16.9 Å². The molecule has 2 heterocycles. The van der Waals surface area contributed by atoms with E-state index < -0.39 is 17.7 Å². The zero-order chi connectivity index (χ0) is 27.2. The van der Waals surface area contributed by atoms with Gasteiger partial charge < -0.3 is 24.1 Å². The quantitative estimate of drug-likeness (QED) is 0.378. The van der Waals surface area contributed by atoms with Gasteiger partial charge in [-0.1, -0.05) is 0 Å². The van der Waals surface area contributed by atoms with E-state index in [4.69, 9.17) is 14.2 Å². The minimum Gasteiger partial charge on any atom is -0.494 e. The molecular weight excluding hydrogens is 504 g/mol. The highest BCUT2D eigenvalue weighted by molar-refractivity contribution is 7.10. The highest BCUT2D eigenvalue weighted by Crippen LogP contribution is 2.47. The number of aryl methyl sites for hydroxylation is 1. The van der Waals surface area contributed by atoms with Crippen molar-refractivity contribution < 1.29 is 23.8 Å². The van der Waals surface area contributed by atoms with Crippen molar-refractivity contribution in [1.29, 1.82) is 0 Å². The standard InChI is InChI=1S/C29H34N2O6S/c1-6-36-27(33)19-14-31(16-10-11-16)24-18(25(19)32)13-12-17(26(24)35-5)20-15-38-22-9-7-8-21(23(20)22)30-28(34)37-29(2,3)4/h12-16,21H,6-11H2,1-5H3,(H,30,34). The maximum atomic E-state index is 13.4. The SMILES string of the molecule is CCOC(=O)c1cn(C2CC2)c2c(OC)c(-c3csc4c3C(NC(=O)OC(C)(C)C)CCC4)ccc2c1=O. The molecule has 1 fully saturated rings. The van der Waals surface area contributed by atoms with Crippen LogP contribution in [-0.2, 0) is 15.9 Å². The molecule has 1 atom stereocenters. The van der Waals surface area contributed by atoms with E-state index in [0.29, 0.717) is 16.7 Å². The number of methoxy groups -OCH3 is 1. The molecule has 1 amide bonds. The number of hydrogen-bond acceptors (Lipinski definition) is 7. The summed E-state index contributed by atoms with van der Waals surface area (Å²) >= 11 is 1.68. The minimum absolute atomic E-state index is 0.0376. The number of aromatic nitrogens is 1. The van der Waals surface area contributed by atoms with Crippen LogP contribution in [0.2, 0.25) is 0 Å². The van der Waals surface area contributed by atoms with Crippen LogP contribution in [0.4, 0.5) is 4.79 Å². The maximum absolute atomic E-state index is 13.4. The lowest BCUT2D eigenvalue weighted by molar-refractivity contribution is 0.0495. The Kier molecular flexibility index (Phi) is 6.98. The second-order valence-corrected chi connectivity index (χ2v) is 11.8. The molecule has 2 aliphatic rings. The highest BCUT2D eigenvalue weighted by Gasteiger charge is 2.32. The molecule has 2 aromatic heterocycles. The molecule has 8 nitrogen and oxygen atoms in total. The zero-order valence-electron chi connectivity index (χ0n) is 22.5. The van der Waals surface area contributed by atoms with Gasteiger partial charge in [-0.3, -0.25) is 4.79 Å². The molecule has 0 aliphatic heterocycles. The first-order chi connectivity index (χ1) is 18.1. The largest absolute Gasteiger partial charge is 0.494 e. The van der Waals surface area contributed by atoms with Crippen molar-refractivity contribution >= 4 is 34.3 Å². The number of rotatable bonds is 6. The van der Waals surface area contributed by atoms with E-state index in [0.717, 1.165) is 48.8 Å². The maximum Gasteiger partial charge on any atom is 0.408 e. The fraction of sp³-hybridized carbons (Fsp3) is 0.483. The van der Waals surface area contributed by atoms with E-state index in [1.165, 1.54) is 4.88 Å². The fourth-order valence-electron chi connectivity index (χ4n) is 5.23. The molecule has 1 N–H and O–H groups in total. The summed E-state index contributed by atoms with van der Waals surface area (Å²) in [6.07, 6.45) is 5.83. The van der Waals surface area contributed by atoms with Crippen LogP contribution in [0.3, 0.4) is 0 Å². The average molecular weight is 539 g/mol. The van der Waals surface area contributed by atoms with Crippen molar-refractivity contribution in [2.24, 2.45) is 0 Å². The third-order valence-electron chi connectivity index (χ3n) is 6.92. The second kappa shape index (κ2) is 10.1. The van der Waals surface area contributed by atoms with Crippen LogP contribution in [0.5, 0.6) is 5.75 Å². The van der Waals surface area contributed by atoms with Crippen molar-refractivity contribution in [2.75, 3.05) is 13.7 Å². The summed E-state index contributed by atoms with van der Waals surface area (Å²) in [4.78, 5) is 39.9. The van der Waals surface area contributed by atoms with Gasteiger partial charge in [0, 0.05) is 28.2 Å². The van der Waals surface area contributed by atoms with Crippen LogP contribution in [0.15, 0.2) is 28.5 Å². The van der Waals surface area contributed by atoms with Crippen LogP contribution < -0.4 is 15.5 Å². The molecule has 9 heteroatoms. The smallest absolute Gasteiger partial charge is 0.408 e. The molecular formula is C29H34N2O6S. The first-order valence-electron chi connectivity index (χ1n) is 13.2. The van der Waals surface area contributed by atoms with E-state index in [2.05, 4.69) is 10.7 Å². The number of ether oxygens (including phenoxy) is 3. The Bertz CT molecular complexity index is 1460. The number of hydrogen-bond donors (Lipinski definition) is 1. The summed E-state index contributed by atoms with van der Waals surface area (Å²) in [5, 5.41) is 5.61. The van der Waals surface area contributed by atoms with Crippen LogP contribution in [0, 0.1) is 0 Å². The molecule has 1 aromatic carbocycles. The molecule has 38 heavy (non-hydrogen) atoms. The summed E-state index contributed by atoms with van der Waals surface area (Å²) in [5.74, 6) is -0.0242. The number of carbonyl (C=O) groups is 2. The van der Waals surface area contributed by atoms with Gasteiger partial charge in [-0.25, -0.2) is 9.59 Å². The van der Waals surface area contributed by atoms with Crippen LogP contribution in [0.1, 0.15) is 86.3 Å². The van der Waals surface area contributed by atoms with Crippen molar-refractivity contribution in [1.82, 2.24) is 9.88 Å². The molecule has 202 valence electrons. The lowest BCUT2D eigenvalue weighted by Gasteiger charge is -2.28. The Morgan fingerprint density at radius 1 is 1.16 bits per heavy atom. The van der Waals surface area contributed by atoms with Gasteiger partial charge in [-0.05, 0) is 82.9 Å². The Morgan fingerprint density at radius 2 is 1.92 bits per heavy atom. The monoisotopic (exact) mass is 538 g/mol. The van der Waals surface area contributed by atoms with Crippen molar-refractivity contribution in [3.05, 3.63) is 49.9 Å². The Morgan fingerprint density at radius 3 is 2.58 bits per heavy atom. The van der Waals surface area contributed by atoms with Gasteiger partial charge in [-0.2, -0.15) is 0 Å². The number of benzene rings is 1. The van der Waals surface area contributed by atoms with E-state index in [9.17, 15) is 14.4 Å². The third-order valence-corrected chi connectivity index (χ3v) is 7.98. The summed E-state index contributed by atoms with van der Waals surface area (Å²) < 4.78 is 18.7. The van der Waals surface area contributed by atoms with Gasteiger partial charge in [0.25, 0.3) is 0 Å². The first kappa shape index (κ1) is 26.3. The minimum atomic E-state index is -0.611. The Labute approximate surface area is 225 Å². The molecule has 0 bridgehead atoms. The molecule has 1 unspecified atom stereocenters. The van der Waals surface area contributed by atoms with Gasteiger partial charge in [0.1, 0.15) is 11.2 Å². The average Bonchev–Trinajstić information content (AvgIpc) is 3.61. The number of nitrogens with one attached hydrogen (secondary N) is 1. The van der Waals surface area contributed by atoms with Crippen LogP contribution in [-0.4, -0.2) is 35.9 Å². The molecule has 1 saturated carbocycles. The van der Waals surface area contributed by atoms with Crippen molar-refractivity contribution in [3.63, 3.8) is 0 Å². The molecule has 2 aliphatic carbocycles. The van der Waals surface area contributed by atoms with Gasteiger partial charge in [0.15, 0.2) is 5.75 Å². The van der Waals surface area contributed by atoms with Gasteiger partial charge in [0.2, 0.25) is 5.43 Å². The normalized spacial score (nSPS) is 17.1. The Hall–Kier alpha value is -3.33. The number of esters is 1. The van der Waals surface area contributed by atoms with E-state index in [1.807, 2.05) is 31.4 Å². The molecule has 3 aromatic rings. The highest BCUT2D eigenvalue weighted by atomic mass is 32.1. The topological polar surface area (TPSA) is 95.9 Å². The predicted molar refractivity (Wildman–Crippen MR) is 147 cm³/mol. The van der Waals surface area contributed by atoms with Gasteiger partial charge in [0.05, 0.1) is 30.7 Å². The molecule has 0 spiro atoms. The van der Waals surface area contributed by atoms with Crippen LogP contribution >= 0.6 is 11.3 Å². The number of fused-ring (bicyclic) bond motifs is 2. The summed E-state index contributed by atoms with van der Waals surface area (Å²) in [6.45, 7) is 7.47. The number of alkyl carbamates (subject to hydrolysis) is 1. The van der Waals surface area contributed by atoms with Crippen molar-refractivity contribution in [2.45, 2.75) is 77.5 Å². The number of carbonyl (C=O) groups excluding carboxylic acids is 2.